The second-order valence-corrected chi connectivity index (χ2v) is 4.84. The van der Waals surface area contributed by atoms with Crippen molar-refractivity contribution in [3.63, 3.8) is 0 Å². The van der Waals surface area contributed by atoms with Crippen molar-refractivity contribution in [1.29, 1.82) is 0 Å². The molecule has 1 amide bonds. The highest BCUT2D eigenvalue weighted by Crippen LogP contribution is 2.36. The maximum Gasteiger partial charge on any atom is 0.463 e. The zero-order valence-electron chi connectivity index (χ0n) is 10.1. The molecule has 0 spiro atoms. The van der Waals surface area contributed by atoms with E-state index in [0.29, 0.717) is 10.6 Å². The van der Waals surface area contributed by atoms with Crippen molar-refractivity contribution >= 4 is 22.9 Å². The third-order valence-corrected chi connectivity index (χ3v) is 3.26. The molecule has 1 N–H and O–H groups in total. The number of hydrogen-bond acceptors (Lipinski definition) is 3. The molecule has 1 aromatic heterocycles. The lowest BCUT2D eigenvalue weighted by atomic mass is 10.2. The average Bonchev–Trinajstić information content (AvgIpc) is 2.91. The molecule has 3 nitrogen and oxygen atoms in total. The molecule has 21 heavy (non-hydrogen) atoms. The van der Waals surface area contributed by atoms with E-state index in [-0.39, 0.29) is 5.69 Å². The van der Waals surface area contributed by atoms with Crippen molar-refractivity contribution in [3.05, 3.63) is 35.8 Å². The van der Waals surface area contributed by atoms with E-state index >= 15 is 0 Å². The van der Waals surface area contributed by atoms with Crippen LogP contribution in [0.3, 0.4) is 0 Å². The van der Waals surface area contributed by atoms with Crippen molar-refractivity contribution in [2.45, 2.75) is 12.1 Å². The van der Waals surface area contributed by atoms with Crippen LogP contribution in [0.2, 0.25) is 0 Å². The first-order chi connectivity index (χ1) is 9.72. The van der Waals surface area contributed by atoms with Gasteiger partial charge in [-0.1, -0.05) is 12.1 Å². The van der Waals surface area contributed by atoms with Crippen molar-refractivity contribution in [2.75, 3.05) is 5.32 Å². The predicted octanol–water partition coefficient (Wildman–Crippen LogP) is 3.95. The van der Waals surface area contributed by atoms with Crippen LogP contribution in [-0.2, 0) is 4.79 Å². The Balaban J connectivity index is 2.21. The third-order valence-electron chi connectivity index (χ3n) is 2.44. The highest BCUT2D eigenvalue weighted by molar-refractivity contribution is 7.13. The minimum atomic E-state index is -5.94. The number of aromatic nitrogens is 1. The van der Waals surface area contributed by atoms with Gasteiger partial charge in [0, 0.05) is 22.8 Å². The number of benzene rings is 1. The number of carbonyl (C=O) groups is 1. The van der Waals surface area contributed by atoms with Crippen LogP contribution in [0.1, 0.15) is 0 Å². The molecule has 0 radical (unpaired) electrons. The summed E-state index contributed by atoms with van der Waals surface area (Å²) in [7, 11) is 0. The number of nitrogens with zero attached hydrogens (tertiary/aromatic N) is 1. The fraction of sp³-hybridized carbons (Fsp3) is 0.167. The second kappa shape index (κ2) is 5.40. The Morgan fingerprint density at radius 1 is 1.19 bits per heavy atom. The topological polar surface area (TPSA) is 42.0 Å². The fourth-order valence-electron chi connectivity index (χ4n) is 1.43. The molecule has 1 aromatic carbocycles. The number of nitrogens with one attached hydrogen (secondary N) is 1. The molecule has 2 aromatic rings. The average molecular weight is 322 g/mol. The van der Waals surface area contributed by atoms with Crippen LogP contribution in [-0.4, -0.2) is 23.0 Å². The minimum Gasteiger partial charge on any atom is -0.321 e. The van der Waals surface area contributed by atoms with Gasteiger partial charge in [-0.05, 0) is 12.1 Å². The summed E-state index contributed by atoms with van der Waals surface area (Å²) in [6.07, 6.45) is -4.42. The maximum atomic E-state index is 12.8. The van der Waals surface area contributed by atoms with Gasteiger partial charge in [-0.25, -0.2) is 4.98 Å². The SMILES string of the molecule is O=C(Nc1cccc(-c2nccs2)c1)C(F)(F)C(F)(F)F. The molecular formula is C12H7F5N2OS. The number of carbonyl (C=O) groups excluding carboxylic acids is 1. The summed E-state index contributed by atoms with van der Waals surface area (Å²) in [5.41, 5.74) is 0.328. The van der Waals surface area contributed by atoms with Gasteiger partial charge in [0.25, 0.3) is 0 Å². The molecule has 0 saturated carbocycles. The molecule has 0 unspecified atom stereocenters. The zero-order chi connectivity index (χ0) is 15.7. The molecular weight excluding hydrogens is 315 g/mol. The molecule has 0 aliphatic heterocycles. The van der Waals surface area contributed by atoms with E-state index in [2.05, 4.69) is 4.98 Å². The quantitative estimate of drug-likeness (QED) is 0.870. The number of amides is 1. The maximum absolute atomic E-state index is 12.8. The summed E-state index contributed by atoms with van der Waals surface area (Å²) in [6, 6.07) is 5.49. The first kappa shape index (κ1) is 15.4. The summed E-state index contributed by atoms with van der Waals surface area (Å²) in [5.74, 6) is -7.88. The molecule has 0 atom stereocenters. The third kappa shape index (κ3) is 3.18. The summed E-state index contributed by atoms with van der Waals surface area (Å²) in [6.45, 7) is 0. The van der Waals surface area contributed by atoms with Gasteiger partial charge in [-0.2, -0.15) is 22.0 Å². The lowest BCUT2D eigenvalue weighted by molar-refractivity contribution is -0.267. The van der Waals surface area contributed by atoms with Gasteiger partial charge < -0.3 is 5.32 Å². The smallest absolute Gasteiger partial charge is 0.321 e. The number of hydrogen-bond donors (Lipinski definition) is 1. The Bertz CT molecular complexity index is 639. The van der Waals surface area contributed by atoms with Crippen LogP contribution in [0.15, 0.2) is 35.8 Å². The molecule has 112 valence electrons. The first-order valence-corrected chi connectivity index (χ1v) is 6.36. The summed E-state index contributed by atoms with van der Waals surface area (Å²) >= 11 is 1.26. The number of rotatable bonds is 3. The molecule has 0 saturated heterocycles. The normalized spacial score (nSPS) is 12.2. The van der Waals surface area contributed by atoms with Crippen molar-refractivity contribution < 1.29 is 26.7 Å². The van der Waals surface area contributed by atoms with E-state index in [1.807, 2.05) is 0 Å². The van der Waals surface area contributed by atoms with E-state index < -0.39 is 18.0 Å². The van der Waals surface area contributed by atoms with Gasteiger partial charge in [-0.3, -0.25) is 4.79 Å². The Morgan fingerprint density at radius 2 is 1.90 bits per heavy atom. The Labute approximate surface area is 119 Å². The molecule has 0 fully saturated rings. The van der Waals surface area contributed by atoms with Gasteiger partial charge in [0.15, 0.2) is 0 Å². The first-order valence-electron chi connectivity index (χ1n) is 5.48. The van der Waals surface area contributed by atoms with Crippen LogP contribution < -0.4 is 5.32 Å². The number of halogens is 5. The summed E-state index contributed by atoms with van der Waals surface area (Å²) in [4.78, 5) is 15.1. The standard InChI is InChI=1S/C12H7F5N2OS/c13-11(14,12(15,16)17)10(20)19-8-3-1-2-7(6-8)9-18-4-5-21-9/h1-6H,(H,19,20). The highest BCUT2D eigenvalue weighted by atomic mass is 32.1. The van der Waals surface area contributed by atoms with Gasteiger partial charge in [0.05, 0.1) is 0 Å². The monoisotopic (exact) mass is 322 g/mol. The highest BCUT2D eigenvalue weighted by Gasteiger charge is 2.63. The van der Waals surface area contributed by atoms with Crippen LogP contribution in [0, 0.1) is 0 Å². The summed E-state index contributed by atoms with van der Waals surface area (Å²) < 4.78 is 61.9. The van der Waals surface area contributed by atoms with Gasteiger partial charge >= 0.3 is 18.0 Å². The number of alkyl halides is 5. The fourth-order valence-corrected chi connectivity index (χ4v) is 2.07. The predicted molar refractivity (Wildman–Crippen MR) is 67.2 cm³/mol. The van der Waals surface area contributed by atoms with Gasteiger partial charge in [0.2, 0.25) is 0 Å². The Hall–Kier alpha value is -2.03. The summed E-state index contributed by atoms with van der Waals surface area (Å²) in [5, 5.41) is 3.79. The van der Waals surface area contributed by atoms with E-state index in [4.69, 9.17) is 0 Å². The van der Waals surface area contributed by atoms with Crippen LogP contribution >= 0.6 is 11.3 Å². The van der Waals surface area contributed by atoms with Crippen LogP contribution in [0.4, 0.5) is 27.6 Å². The van der Waals surface area contributed by atoms with Crippen molar-refractivity contribution in [3.8, 4) is 10.6 Å². The molecule has 2 rings (SSSR count). The number of anilines is 1. The van der Waals surface area contributed by atoms with Gasteiger partial charge in [-0.15, -0.1) is 11.3 Å². The van der Waals surface area contributed by atoms with E-state index in [0.717, 1.165) is 0 Å². The van der Waals surface area contributed by atoms with Gasteiger partial charge in [0.1, 0.15) is 5.01 Å². The zero-order valence-corrected chi connectivity index (χ0v) is 10.9. The Kier molecular flexibility index (Phi) is 3.95. The van der Waals surface area contributed by atoms with Crippen molar-refractivity contribution in [1.82, 2.24) is 4.98 Å². The number of thiazole rings is 1. The molecule has 1 heterocycles. The van der Waals surface area contributed by atoms with E-state index in [1.165, 1.54) is 35.7 Å². The minimum absolute atomic E-state index is 0.170. The molecule has 0 aliphatic rings. The largest absolute Gasteiger partial charge is 0.463 e. The lowest BCUT2D eigenvalue weighted by Crippen LogP contribution is -2.47. The lowest BCUT2D eigenvalue weighted by Gasteiger charge is -2.18. The molecule has 9 heteroatoms. The molecule has 0 bridgehead atoms. The molecule has 0 aliphatic carbocycles. The Morgan fingerprint density at radius 3 is 2.48 bits per heavy atom. The van der Waals surface area contributed by atoms with Crippen molar-refractivity contribution in [2.24, 2.45) is 0 Å². The van der Waals surface area contributed by atoms with Crippen LogP contribution in [0.5, 0.6) is 0 Å². The second-order valence-electron chi connectivity index (χ2n) is 3.94. The van der Waals surface area contributed by atoms with E-state index in [9.17, 15) is 26.7 Å². The van der Waals surface area contributed by atoms with E-state index in [1.54, 1.807) is 16.8 Å². The van der Waals surface area contributed by atoms with Crippen LogP contribution in [0.25, 0.3) is 10.6 Å².